The zero-order valence-electron chi connectivity index (χ0n) is 12.9. The van der Waals surface area contributed by atoms with Crippen LogP contribution in [0.15, 0.2) is 0 Å². The van der Waals surface area contributed by atoms with E-state index in [2.05, 4.69) is 0 Å². The molecule has 1 saturated heterocycles. The van der Waals surface area contributed by atoms with Crippen molar-refractivity contribution in [2.45, 2.75) is 52.6 Å². The Morgan fingerprint density at radius 1 is 1.40 bits per heavy atom. The number of epoxide rings is 1. The molecule has 0 radical (unpaired) electrons. The highest BCUT2D eigenvalue weighted by Gasteiger charge is 2.39. The van der Waals surface area contributed by atoms with Crippen molar-refractivity contribution in [3.63, 3.8) is 0 Å². The van der Waals surface area contributed by atoms with Gasteiger partial charge in [0.15, 0.2) is 0 Å². The molecule has 1 aliphatic heterocycles. The van der Waals surface area contributed by atoms with Crippen LogP contribution >= 0.6 is 0 Å². The van der Waals surface area contributed by atoms with E-state index < -0.39 is 5.41 Å². The van der Waals surface area contributed by atoms with Gasteiger partial charge in [0, 0.05) is 0 Å². The van der Waals surface area contributed by atoms with Crippen LogP contribution in [0.5, 0.6) is 0 Å². The maximum Gasteiger partial charge on any atom is 0.311 e. The van der Waals surface area contributed by atoms with Crippen LogP contribution in [0.3, 0.4) is 0 Å². The van der Waals surface area contributed by atoms with Gasteiger partial charge >= 0.3 is 11.9 Å². The fraction of sp³-hybridized carbons (Fsp3) is 0.867. The molecule has 0 bridgehead atoms. The van der Waals surface area contributed by atoms with Crippen molar-refractivity contribution >= 4 is 11.9 Å². The number of rotatable bonds is 9. The van der Waals surface area contributed by atoms with Crippen molar-refractivity contribution in [3.8, 4) is 0 Å². The summed E-state index contributed by atoms with van der Waals surface area (Å²) in [5.41, 5.74) is -0.650. The van der Waals surface area contributed by atoms with Crippen LogP contribution in [-0.2, 0) is 23.8 Å². The second-order valence-electron chi connectivity index (χ2n) is 5.68. The number of carbonyl (C=O) groups excluding carboxylic acids is 2. The Balaban J connectivity index is 2.63. The predicted molar refractivity (Wildman–Crippen MR) is 74.1 cm³/mol. The summed E-state index contributed by atoms with van der Waals surface area (Å²) < 4.78 is 15.2. The molecule has 1 aliphatic rings. The third-order valence-electron chi connectivity index (χ3n) is 3.94. The Hall–Kier alpha value is -1.10. The first-order valence-corrected chi connectivity index (χ1v) is 7.33. The van der Waals surface area contributed by atoms with Crippen molar-refractivity contribution in [1.82, 2.24) is 0 Å². The standard InChI is InChI=1S/C15H26O5/c1-5-7-11(13(16)18-4)8-15(3,6-2)14(17)20-10-12-9-19-12/h11-12H,5-10H2,1-4H3. The predicted octanol–water partition coefficient (Wildman–Crippen LogP) is 2.32. The van der Waals surface area contributed by atoms with Crippen LogP contribution in [0, 0.1) is 11.3 Å². The van der Waals surface area contributed by atoms with Gasteiger partial charge in [0.1, 0.15) is 12.7 Å². The van der Waals surface area contributed by atoms with Crippen LogP contribution in [0.4, 0.5) is 0 Å². The molecule has 0 spiro atoms. The van der Waals surface area contributed by atoms with Crippen LogP contribution in [0.2, 0.25) is 0 Å². The van der Waals surface area contributed by atoms with Gasteiger partial charge in [-0.05, 0) is 26.2 Å². The Kier molecular flexibility index (Phi) is 6.46. The molecule has 0 aromatic carbocycles. The maximum absolute atomic E-state index is 12.2. The molecule has 5 heteroatoms. The number of ether oxygens (including phenoxy) is 3. The number of carbonyl (C=O) groups is 2. The second kappa shape index (κ2) is 7.62. The molecule has 3 atom stereocenters. The molecule has 3 unspecified atom stereocenters. The first-order valence-electron chi connectivity index (χ1n) is 7.33. The molecule has 1 heterocycles. The van der Waals surface area contributed by atoms with Gasteiger partial charge in [-0.15, -0.1) is 0 Å². The zero-order valence-corrected chi connectivity index (χ0v) is 12.9. The molecule has 20 heavy (non-hydrogen) atoms. The Labute approximate surface area is 121 Å². The highest BCUT2D eigenvalue weighted by Crippen LogP contribution is 2.34. The third-order valence-corrected chi connectivity index (χ3v) is 3.94. The normalized spacial score (nSPS) is 21.7. The first-order chi connectivity index (χ1) is 9.46. The Morgan fingerprint density at radius 3 is 2.50 bits per heavy atom. The monoisotopic (exact) mass is 286 g/mol. The minimum absolute atomic E-state index is 0.0621. The van der Waals surface area contributed by atoms with Crippen molar-refractivity contribution in [3.05, 3.63) is 0 Å². The van der Waals surface area contributed by atoms with E-state index in [-0.39, 0.29) is 24.0 Å². The quantitative estimate of drug-likeness (QED) is 0.481. The Bertz CT molecular complexity index is 337. The van der Waals surface area contributed by atoms with E-state index >= 15 is 0 Å². The summed E-state index contributed by atoms with van der Waals surface area (Å²) >= 11 is 0. The Morgan fingerprint density at radius 2 is 2.05 bits per heavy atom. The lowest BCUT2D eigenvalue weighted by Crippen LogP contribution is -2.34. The van der Waals surface area contributed by atoms with Crippen LogP contribution in [0.1, 0.15) is 46.5 Å². The number of esters is 2. The smallest absolute Gasteiger partial charge is 0.311 e. The molecular weight excluding hydrogens is 260 g/mol. The van der Waals surface area contributed by atoms with Crippen LogP contribution in [-0.4, -0.2) is 38.4 Å². The van der Waals surface area contributed by atoms with Crippen LogP contribution in [0.25, 0.3) is 0 Å². The van der Waals surface area contributed by atoms with E-state index in [1.54, 1.807) is 0 Å². The third kappa shape index (κ3) is 4.78. The van der Waals surface area contributed by atoms with Crippen molar-refractivity contribution < 1.29 is 23.8 Å². The summed E-state index contributed by atoms with van der Waals surface area (Å²) in [4.78, 5) is 24.0. The summed E-state index contributed by atoms with van der Waals surface area (Å²) in [6.45, 7) is 6.79. The van der Waals surface area contributed by atoms with Crippen molar-refractivity contribution in [2.24, 2.45) is 11.3 Å². The van der Waals surface area contributed by atoms with Crippen molar-refractivity contribution in [2.75, 3.05) is 20.3 Å². The summed E-state index contributed by atoms with van der Waals surface area (Å²) in [7, 11) is 1.39. The highest BCUT2D eigenvalue weighted by atomic mass is 16.6. The number of methoxy groups -OCH3 is 1. The van der Waals surface area contributed by atoms with Gasteiger partial charge in [0.05, 0.1) is 25.0 Å². The van der Waals surface area contributed by atoms with Gasteiger partial charge in [-0.1, -0.05) is 20.3 Å². The fourth-order valence-corrected chi connectivity index (χ4v) is 2.24. The lowest BCUT2D eigenvalue weighted by molar-refractivity contribution is -0.159. The average Bonchev–Trinajstić information content (AvgIpc) is 3.27. The molecule has 0 N–H and O–H groups in total. The molecule has 0 aromatic heterocycles. The molecule has 0 saturated carbocycles. The second-order valence-corrected chi connectivity index (χ2v) is 5.68. The molecular formula is C15H26O5. The molecule has 5 nitrogen and oxygen atoms in total. The van der Waals surface area contributed by atoms with Gasteiger partial charge in [-0.25, -0.2) is 0 Å². The molecule has 1 fully saturated rings. The van der Waals surface area contributed by atoms with E-state index in [1.165, 1.54) is 7.11 Å². The summed E-state index contributed by atoms with van der Waals surface area (Å²) in [5.74, 6) is -0.745. The summed E-state index contributed by atoms with van der Waals surface area (Å²) in [6, 6.07) is 0. The van der Waals surface area contributed by atoms with Crippen LogP contribution < -0.4 is 0 Å². The number of hydrogen-bond donors (Lipinski definition) is 0. The minimum atomic E-state index is -0.650. The molecule has 0 aliphatic carbocycles. The van der Waals surface area contributed by atoms with E-state index in [1.807, 2.05) is 20.8 Å². The highest BCUT2D eigenvalue weighted by molar-refractivity contribution is 5.78. The molecule has 0 aromatic rings. The lowest BCUT2D eigenvalue weighted by Gasteiger charge is -2.29. The molecule has 0 amide bonds. The largest absolute Gasteiger partial charge is 0.469 e. The fourth-order valence-electron chi connectivity index (χ4n) is 2.24. The minimum Gasteiger partial charge on any atom is -0.469 e. The number of hydrogen-bond acceptors (Lipinski definition) is 5. The van der Waals surface area contributed by atoms with Gasteiger partial charge in [0.2, 0.25) is 0 Å². The van der Waals surface area contributed by atoms with E-state index in [4.69, 9.17) is 14.2 Å². The first kappa shape index (κ1) is 17.0. The average molecular weight is 286 g/mol. The summed E-state index contributed by atoms with van der Waals surface area (Å²) in [5, 5.41) is 0. The topological polar surface area (TPSA) is 65.1 Å². The molecule has 116 valence electrons. The van der Waals surface area contributed by atoms with E-state index in [9.17, 15) is 9.59 Å². The maximum atomic E-state index is 12.2. The van der Waals surface area contributed by atoms with Gasteiger partial charge in [-0.3, -0.25) is 9.59 Å². The van der Waals surface area contributed by atoms with Crippen molar-refractivity contribution in [1.29, 1.82) is 0 Å². The SMILES string of the molecule is CCCC(CC(C)(CC)C(=O)OCC1CO1)C(=O)OC. The van der Waals surface area contributed by atoms with Gasteiger partial charge in [-0.2, -0.15) is 0 Å². The van der Waals surface area contributed by atoms with E-state index in [0.717, 1.165) is 12.8 Å². The molecule has 1 rings (SSSR count). The van der Waals surface area contributed by atoms with Gasteiger partial charge in [0.25, 0.3) is 0 Å². The van der Waals surface area contributed by atoms with E-state index in [0.29, 0.717) is 26.1 Å². The zero-order chi connectivity index (χ0) is 15.2. The van der Waals surface area contributed by atoms with Gasteiger partial charge < -0.3 is 14.2 Å². The summed E-state index contributed by atoms with van der Waals surface area (Å²) in [6.07, 6.45) is 2.77. The lowest BCUT2D eigenvalue weighted by atomic mass is 9.77.